The monoisotopic (exact) mass is 595 g/mol. The third-order valence-corrected chi connectivity index (χ3v) is 8.89. The van der Waals surface area contributed by atoms with E-state index in [0.717, 1.165) is 10.6 Å². The van der Waals surface area contributed by atoms with Gasteiger partial charge in [0.2, 0.25) is 5.91 Å². The van der Waals surface area contributed by atoms with Gasteiger partial charge in [-0.3, -0.25) is 14.5 Å². The van der Waals surface area contributed by atoms with E-state index in [2.05, 4.69) is 5.32 Å². The van der Waals surface area contributed by atoms with Crippen LogP contribution in [-0.2, 0) is 19.1 Å². The molecule has 4 rings (SSSR count). The molecular weight excluding hydrogens is 573 g/mol. The molecule has 2 aliphatic heterocycles. The lowest BCUT2D eigenvalue weighted by molar-refractivity contribution is -0.150. The molecule has 2 aliphatic rings. The van der Waals surface area contributed by atoms with Crippen LogP contribution in [0.2, 0.25) is 10.0 Å². The number of halogens is 2. The Kier molecular flexibility index (Phi) is 8.81. The summed E-state index contributed by atoms with van der Waals surface area (Å²) in [6, 6.07) is 10.8. The quantitative estimate of drug-likeness (QED) is 0.254. The third kappa shape index (κ3) is 6.06. The number of carbonyl (C=O) groups is 4. The van der Waals surface area contributed by atoms with Crippen molar-refractivity contribution in [1.29, 1.82) is 0 Å². The highest BCUT2D eigenvalue weighted by atomic mass is 35.5. The largest absolute Gasteiger partial charge is 0.477 e. The molecule has 0 saturated carbocycles. The molecule has 1 unspecified atom stereocenters. The molecule has 38 heavy (non-hydrogen) atoms. The Labute approximate surface area is 237 Å². The lowest BCUT2D eigenvalue weighted by atomic mass is 10.0. The maximum Gasteiger partial charge on any atom is 0.352 e. The second-order valence-corrected chi connectivity index (χ2v) is 11.6. The van der Waals surface area contributed by atoms with Crippen molar-refractivity contribution in [3.05, 3.63) is 69.3 Å². The number of rotatable bonds is 9. The Bertz CT molecular complexity index is 1320. The van der Waals surface area contributed by atoms with Gasteiger partial charge in [0.15, 0.2) is 0 Å². The summed E-state index contributed by atoms with van der Waals surface area (Å²) in [5.74, 6) is -2.62. The van der Waals surface area contributed by atoms with E-state index in [1.54, 1.807) is 42.5 Å². The second kappa shape index (κ2) is 11.9. The van der Waals surface area contributed by atoms with E-state index in [1.807, 2.05) is 19.0 Å². The fourth-order valence-electron chi connectivity index (χ4n) is 3.87. The fraction of sp³-hybridized carbons (Fsp3) is 0.280. The van der Waals surface area contributed by atoms with Crippen molar-refractivity contribution in [2.45, 2.75) is 16.3 Å². The number of hydrogen-bond donors (Lipinski definition) is 2. The van der Waals surface area contributed by atoms with E-state index in [-0.39, 0.29) is 23.8 Å². The van der Waals surface area contributed by atoms with Gasteiger partial charge >= 0.3 is 11.9 Å². The predicted molar refractivity (Wildman–Crippen MR) is 148 cm³/mol. The van der Waals surface area contributed by atoms with Crippen LogP contribution in [0.15, 0.2) is 58.6 Å². The van der Waals surface area contributed by atoms with Crippen LogP contribution in [-0.4, -0.2) is 77.4 Å². The van der Waals surface area contributed by atoms with Gasteiger partial charge in [0.05, 0.1) is 16.3 Å². The number of fused-ring (bicyclic) bond motifs is 1. The summed E-state index contributed by atoms with van der Waals surface area (Å²) in [4.78, 5) is 53.6. The molecule has 2 aromatic carbocycles. The summed E-state index contributed by atoms with van der Waals surface area (Å²) < 4.78 is 5.36. The standard InChI is InChI=1S/C25H23Cl2N3O6S2/c1-29(2)16-6-3-13(4-7-16)25(35)36-10-14-11-38-23-20(22(32)30(23)21(14)24(33)34)28-19(31)12-37-18-9-15(26)5-8-17(18)27/h3-9,20,23H,10-12H2,1-2H3,(H,28,31)(H,33,34)/t20-,23?/m1/s1. The molecule has 1 saturated heterocycles. The highest BCUT2D eigenvalue weighted by Gasteiger charge is 2.54. The highest BCUT2D eigenvalue weighted by Crippen LogP contribution is 2.40. The van der Waals surface area contributed by atoms with E-state index in [9.17, 15) is 24.3 Å². The average Bonchev–Trinajstić information content (AvgIpc) is 2.90. The summed E-state index contributed by atoms with van der Waals surface area (Å²) in [6.45, 7) is -0.270. The molecule has 2 atom stereocenters. The van der Waals surface area contributed by atoms with Gasteiger partial charge in [-0.05, 0) is 42.5 Å². The molecule has 1 fully saturated rings. The molecular formula is C25H23Cl2N3O6S2. The lowest BCUT2D eigenvalue weighted by Gasteiger charge is -2.49. The first kappa shape index (κ1) is 28.2. The summed E-state index contributed by atoms with van der Waals surface area (Å²) in [5.41, 5.74) is 1.33. The molecule has 2 amide bonds. The Morgan fingerprint density at radius 2 is 1.89 bits per heavy atom. The van der Waals surface area contributed by atoms with Gasteiger partial charge in [-0.25, -0.2) is 9.59 Å². The lowest BCUT2D eigenvalue weighted by Crippen LogP contribution is -2.70. The van der Waals surface area contributed by atoms with Gasteiger partial charge in [0.25, 0.3) is 5.91 Å². The Hall–Kier alpha value is -2.86. The van der Waals surface area contributed by atoms with Crippen LogP contribution in [0.3, 0.4) is 0 Å². The molecule has 2 aromatic rings. The van der Waals surface area contributed by atoms with Crippen LogP contribution < -0.4 is 10.2 Å². The van der Waals surface area contributed by atoms with Gasteiger partial charge < -0.3 is 20.1 Å². The molecule has 200 valence electrons. The van der Waals surface area contributed by atoms with Crippen LogP contribution in [0.5, 0.6) is 0 Å². The Balaban J connectivity index is 1.37. The maximum atomic E-state index is 12.9. The van der Waals surface area contributed by atoms with Crippen molar-refractivity contribution in [3.63, 3.8) is 0 Å². The number of carboxylic acids is 1. The first-order valence-corrected chi connectivity index (χ1v) is 14.1. The van der Waals surface area contributed by atoms with Crippen molar-refractivity contribution in [1.82, 2.24) is 10.2 Å². The normalized spacial score (nSPS) is 18.4. The number of anilines is 1. The van der Waals surface area contributed by atoms with Gasteiger partial charge in [0.1, 0.15) is 23.7 Å². The second-order valence-electron chi connectivity index (χ2n) is 8.59. The summed E-state index contributed by atoms with van der Waals surface area (Å²) in [6.07, 6.45) is 0. The first-order chi connectivity index (χ1) is 18.1. The molecule has 0 bridgehead atoms. The minimum atomic E-state index is -1.30. The number of hydrogen-bond acceptors (Lipinski definition) is 8. The number of benzene rings is 2. The van der Waals surface area contributed by atoms with Gasteiger partial charge in [0, 0.05) is 41.0 Å². The number of β-lactam (4-membered cyclic amide) rings is 1. The SMILES string of the molecule is CN(C)c1ccc(C(=O)OCC2=C(C(=O)O)N3C(=O)[C@@H](NC(=O)CSc4cc(Cl)ccc4Cl)C3SC2)cc1. The van der Waals surface area contributed by atoms with Crippen molar-refractivity contribution in [3.8, 4) is 0 Å². The molecule has 13 heteroatoms. The number of carbonyl (C=O) groups excluding carboxylic acids is 3. The zero-order valence-electron chi connectivity index (χ0n) is 20.3. The highest BCUT2D eigenvalue weighted by molar-refractivity contribution is 8.00. The van der Waals surface area contributed by atoms with E-state index in [4.69, 9.17) is 27.9 Å². The first-order valence-electron chi connectivity index (χ1n) is 11.3. The Morgan fingerprint density at radius 1 is 1.18 bits per heavy atom. The molecule has 0 radical (unpaired) electrons. The van der Waals surface area contributed by atoms with Crippen LogP contribution in [0.1, 0.15) is 10.4 Å². The van der Waals surface area contributed by atoms with Crippen molar-refractivity contribution < 1.29 is 29.0 Å². The fourth-order valence-corrected chi connectivity index (χ4v) is 6.50. The predicted octanol–water partition coefficient (Wildman–Crippen LogP) is 3.75. The van der Waals surface area contributed by atoms with Gasteiger partial charge in [-0.2, -0.15) is 0 Å². The summed E-state index contributed by atoms with van der Waals surface area (Å²) in [7, 11) is 3.76. The van der Waals surface area contributed by atoms with Gasteiger partial charge in [-0.15, -0.1) is 23.5 Å². The minimum absolute atomic E-state index is 0.000417. The van der Waals surface area contributed by atoms with Crippen molar-refractivity contribution in [2.75, 3.05) is 37.1 Å². The molecule has 0 spiro atoms. The van der Waals surface area contributed by atoms with Crippen LogP contribution in [0.25, 0.3) is 0 Å². The third-order valence-electron chi connectivity index (χ3n) is 5.82. The number of ether oxygens (including phenoxy) is 1. The van der Waals surface area contributed by atoms with E-state index >= 15 is 0 Å². The average molecular weight is 597 g/mol. The maximum absolute atomic E-state index is 12.9. The van der Waals surface area contributed by atoms with Gasteiger partial charge in [-0.1, -0.05) is 23.2 Å². The number of aliphatic carboxylic acids is 1. The molecule has 0 aromatic heterocycles. The number of amides is 2. The molecule has 2 N–H and O–H groups in total. The number of nitrogens with zero attached hydrogens (tertiary/aromatic N) is 2. The Morgan fingerprint density at radius 3 is 2.55 bits per heavy atom. The van der Waals surface area contributed by atoms with Crippen LogP contribution in [0.4, 0.5) is 5.69 Å². The van der Waals surface area contributed by atoms with Crippen LogP contribution >= 0.6 is 46.7 Å². The smallest absolute Gasteiger partial charge is 0.352 e. The van der Waals surface area contributed by atoms with E-state index < -0.39 is 35.2 Å². The van der Waals surface area contributed by atoms with E-state index in [1.165, 1.54) is 23.5 Å². The number of thioether (sulfide) groups is 2. The zero-order valence-corrected chi connectivity index (χ0v) is 23.4. The van der Waals surface area contributed by atoms with E-state index in [0.29, 0.717) is 26.1 Å². The summed E-state index contributed by atoms with van der Waals surface area (Å²) in [5, 5.41) is 12.9. The number of carboxylic acid groups (broad SMARTS) is 1. The van der Waals surface area contributed by atoms with Crippen molar-refractivity contribution >= 4 is 76.2 Å². The van der Waals surface area contributed by atoms with Crippen LogP contribution in [0, 0.1) is 0 Å². The summed E-state index contributed by atoms with van der Waals surface area (Å²) >= 11 is 14.6. The molecule has 9 nitrogen and oxygen atoms in total. The topological polar surface area (TPSA) is 116 Å². The molecule has 2 heterocycles. The molecule has 0 aliphatic carbocycles. The minimum Gasteiger partial charge on any atom is -0.477 e. The van der Waals surface area contributed by atoms with Crippen molar-refractivity contribution in [2.24, 2.45) is 0 Å². The zero-order chi connectivity index (χ0) is 27.6. The number of esters is 1. The number of nitrogens with one attached hydrogen (secondary N) is 1.